The van der Waals surface area contributed by atoms with Crippen LogP contribution in [0.1, 0.15) is 44.6 Å². The average molecular weight is 251 g/mol. The summed E-state index contributed by atoms with van der Waals surface area (Å²) in [5.74, 6) is 1.65. The molecule has 0 unspecified atom stereocenters. The third-order valence-corrected chi connectivity index (χ3v) is 3.57. The number of nitrogens with one attached hydrogen (secondary N) is 1. The number of nitrogens with zero attached hydrogens (tertiary/aromatic N) is 2. The molecule has 1 heterocycles. The van der Waals surface area contributed by atoms with Gasteiger partial charge in [-0.25, -0.2) is 0 Å². The van der Waals surface area contributed by atoms with Crippen molar-refractivity contribution in [2.24, 2.45) is 5.92 Å². The molecule has 1 saturated carbocycles. The second-order valence-electron chi connectivity index (χ2n) is 5.81. The van der Waals surface area contributed by atoms with Gasteiger partial charge in [0.25, 0.3) is 0 Å². The van der Waals surface area contributed by atoms with Crippen LogP contribution >= 0.6 is 0 Å². The van der Waals surface area contributed by atoms with E-state index in [4.69, 9.17) is 4.52 Å². The molecule has 1 aliphatic carbocycles. The van der Waals surface area contributed by atoms with E-state index >= 15 is 0 Å². The molecule has 1 fully saturated rings. The third kappa shape index (κ3) is 3.82. The van der Waals surface area contributed by atoms with E-state index < -0.39 is 0 Å². The maximum atomic E-state index is 5.38. The largest absolute Gasteiger partial charge is 0.360 e. The standard InChI is InChI=1S/C14H25N3O/c1-11(2)8-15-9-12-7-14(18-16-12)10-17(3)13-5-4-6-13/h7,11,13,15H,4-6,8-10H2,1-3H3. The van der Waals surface area contributed by atoms with Gasteiger partial charge in [0.2, 0.25) is 0 Å². The van der Waals surface area contributed by atoms with E-state index in [1.807, 2.05) is 0 Å². The minimum atomic E-state index is 0.668. The van der Waals surface area contributed by atoms with E-state index in [0.717, 1.165) is 37.1 Å². The summed E-state index contributed by atoms with van der Waals surface area (Å²) in [7, 11) is 2.17. The van der Waals surface area contributed by atoms with Crippen molar-refractivity contribution in [3.05, 3.63) is 17.5 Å². The summed E-state index contributed by atoms with van der Waals surface area (Å²) in [4.78, 5) is 2.37. The minimum absolute atomic E-state index is 0.668. The molecule has 2 rings (SSSR count). The summed E-state index contributed by atoms with van der Waals surface area (Å²) in [5, 5.41) is 7.48. The quantitative estimate of drug-likeness (QED) is 0.808. The maximum absolute atomic E-state index is 5.38. The lowest BCUT2D eigenvalue weighted by Crippen LogP contribution is -2.36. The van der Waals surface area contributed by atoms with E-state index in [1.54, 1.807) is 0 Å². The van der Waals surface area contributed by atoms with Crippen molar-refractivity contribution < 1.29 is 4.52 Å². The van der Waals surface area contributed by atoms with E-state index in [9.17, 15) is 0 Å². The van der Waals surface area contributed by atoms with Gasteiger partial charge in [0.1, 0.15) is 0 Å². The lowest BCUT2D eigenvalue weighted by molar-refractivity contribution is 0.139. The molecule has 0 atom stereocenters. The Morgan fingerprint density at radius 1 is 1.50 bits per heavy atom. The molecule has 4 heteroatoms. The van der Waals surface area contributed by atoms with Crippen molar-refractivity contribution in [1.29, 1.82) is 0 Å². The first-order chi connectivity index (χ1) is 8.65. The fourth-order valence-electron chi connectivity index (χ4n) is 2.20. The van der Waals surface area contributed by atoms with Crippen LogP contribution in [0.2, 0.25) is 0 Å². The Kier molecular flexibility index (Phi) is 4.78. The van der Waals surface area contributed by atoms with Crippen LogP contribution in [0.5, 0.6) is 0 Å². The maximum Gasteiger partial charge on any atom is 0.151 e. The van der Waals surface area contributed by atoms with Crippen LogP contribution in [0.25, 0.3) is 0 Å². The fourth-order valence-corrected chi connectivity index (χ4v) is 2.20. The van der Waals surface area contributed by atoms with Crippen LogP contribution in [0.3, 0.4) is 0 Å². The van der Waals surface area contributed by atoms with Crippen molar-refractivity contribution in [1.82, 2.24) is 15.4 Å². The van der Waals surface area contributed by atoms with Gasteiger partial charge in [0.15, 0.2) is 5.76 Å². The molecule has 0 spiro atoms. The summed E-state index contributed by atoms with van der Waals surface area (Å²) in [5.41, 5.74) is 1.01. The van der Waals surface area contributed by atoms with Crippen molar-refractivity contribution in [2.45, 2.75) is 52.2 Å². The molecule has 18 heavy (non-hydrogen) atoms. The highest BCUT2D eigenvalue weighted by molar-refractivity contribution is 5.05. The summed E-state index contributed by atoms with van der Waals surface area (Å²) < 4.78 is 5.38. The molecule has 1 aromatic heterocycles. The van der Waals surface area contributed by atoms with Crippen LogP contribution in [0.4, 0.5) is 0 Å². The van der Waals surface area contributed by atoms with E-state index in [1.165, 1.54) is 19.3 Å². The second-order valence-corrected chi connectivity index (χ2v) is 5.81. The minimum Gasteiger partial charge on any atom is -0.360 e. The van der Waals surface area contributed by atoms with E-state index in [2.05, 4.69) is 42.3 Å². The number of hydrogen-bond donors (Lipinski definition) is 1. The van der Waals surface area contributed by atoms with Crippen LogP contribution < -0.4 is 5.32 Å². The van der Waals surface area contributed by atoms with Crippen LogP contribution in [0.15, 0.2) is 10.6 Å². The molecule has 0 aromatic carbocycles. The Hall–Kier alpha value is -0.870. The van der Waals surface area contributed by atoms with Gasteiger partial charge in [-0.05, 0) is 32.4 Å². The summed E-state index contributed by atoms with van der Waals surface area (Å²) in [6, 6.07) is 2.82. The van der Waals surface area contributed by atoms with Crippen LogP contribution in [0, 0.1) is 5.92 Å². The zero-order valence-corrected chi connectivity index (χ0v) is 11.8. The van der Waals surface area contributed by atoms with Gasteiger partial charge < -0.3 is 9.84 Å². The lowest BCUT2D eigenvalue weighted by Gasteiger charge is -2.33. The van der Waals surface area contributed by atoms with Gasteiger partial charge in [-0.3, -0.25) is 4.90 Å². The Labute approximate surface area is 110 Å². The van der Waals surface area contributed by atoms with Crippen LogP contribution in [-0.2, 0) is 13.1 Å². The molecule has 1 aromatic rings. The number of rotatable bonds is 7. The Morgan fingerprint density at radius 2 is 2.28 bits per heavy atom. The Bertz CT molecular complexity index is 358. The Balaban J connectivity index is 1.74. The molecular weight excluding hydrogens is 226 g/mol. The average Bonchev–Trinajstić information content (AvgIpc) is 2.62. The van der Waals surface area contributed by atoms with E-state index in [0.29, 0.717) is 5.92 Å². The van der Waals surface area contributed by atoms with Crippen LogP contribution in [-0.4, -0.2) is 29.7 Å². The number of aromatic nitrogens is 1. The highest BCUT2D eigenvalue weighted by atomic mass is 16.5. The molecule has 0 bridgehead atoms. The molecule has 4 nitrogen and oxygen atoms in total. The first-order valence-electron chi connectivity index (χ1n) is 7.00. The zero-order valence-electron chi connectivity index (χ0n) is 11.8. The molecule has 1 N–H and O–H groups in total. The predicted molar refractivity (Wildman–Crippen MR) is 72.2 cm³/mol. The van der Waals surface area contributed by atoms with Crippen molar-refractivity contribution in [2.75, 3.05) is 13.6 Å². The van der Waals surface area contributed by atoms with Gasteiger partial charge in [0.05, 0.1) is 12.2 Å². The van der Waals surface area contributed by atoms with Gasteiger partial charge in [-0.2, -0.15) is 0 Å². The van der Waals surface area contributed by atoms with Gasteiger partial charge >= 0.3 is 0 Å². The highest BCUT2D eigenvalue weighted by Gasteiger charge is 2.22. The van der Waals surface area contributed by atoms with Gasteiger partial charge in [-0.15, -0.1) is 0 Å². The highest BCUT2D eigenvalue weighted by Crippen LogP contribution is 2.24. The third-order valence-electron chi connectivity index (χ3n) is 3.57. The van der Waals surface area contributed by atoms with Crippen molar-refractivity contribution in [3.8, 4) is 0 Å². The molecule has 0 radical (unpaired) electrons. The summed E-state index contributed by atoms with van der Waals surface area (Å²) in [6.07, 6.45) is 4.02. The Morgan fingerprint density at radius 3 is 2.89 bits per heavy atom. The predicted octanol–water partition coefficient (Wildman–Crippen LogP) is 2.40. The zero-order chi connectivity index (χ0) is 13.0. The molecule has 102 valence electrons. The summed E-state index contributed by atoms with van der Waals surface area (Å²) in [6.45, 7) is 7.10. The van der Waals surface area contributed by atoms with Gasteiger partial charge in [-0.1, -0.05) is 25.4 Å². The topological polar surface area (TPSA) is 41.3 Å². The molecule has 1 aliphatic rings. The molecule has 0 aliphatic heterocycles. The SMILES string of the molecule is CC(C)CNCc1cc(CN(C)C2CCC2)on1. The normalized spacial score (nSPS) is 16.5. The molecule has 0 amide bonds. The van der Waals surface area contributed by atoms with E-state index in [-0.39, 0.29) is 0 Å². The lowest BCUT2D eigenvalue weighted by atomic mass is 9.92. The second kappa shape index (κ2) is 6.34. The van der Waals surface area contributed by atoms with Crippen molar-refractivity contribution >= 4 is 0 Å². The number of hydrogen-bond acceptors (Lipinski definition) is 4. The molecular formula is C14H25N3O. The van der Waals surface area contributed by atoms with Crippen molar-refractivity contribution in [3.63, 3.8) is 0 Å². The monoisotopic (exact) mass is 251 g/mol. The fraction of sp³-hybridized carbons (Fsp3) is 0.786. The molecule has 0 saturated heterocycles. The summed E-state index contributed by atoms with van der Waals surface area (Å²) >= 11 is 0. The first kappa shape index (κ1) is 13.6. The first-order valence-corrected chi connectivity index (χ1v) is 7.00. The smallest absolute Gasteiger partial charge is 0.151 e. The van der Waals surface area contributed by atoms with Gasteiger partial charge in [0, 0.05) is 18.7 Å².